The number of hydrogen-bond donors (Lipinski definition) is 3. The number of carboxylic acids is 1. The molecule has 2 rings (SSSR count). The number of carboxylic acid groups (broad SMARTS) is 1. The van der Waals surface area contributed by atoms with Crippen LogP contribution in [0.4, 0.5) is 0 Å². The van der Waals surface area contributed by atoms with E-state index in [9.17, 15) is 14.7 Å². The van der Waals surface area contributed by atoms with Crippen molar-refractivity contribution in [2.75, 3.05) is 0 Å². The van der Waals surface area contributed by atoms with E-state index in [0.717, 1.165) is 16.5 Å². The summed E-state index contributed by atoms with van der Waals surface area (Å²) in [5.74, 6) is -1.24. The van der Waals surface area contributed by atoms with Crippen molar-refractivity contribution in [2.45, 2.75) is 32.2 Å². The Bertz CT molecular complexity index is 624. The molecule has 0 saturated carbocycles. The summed E-state index contributed by atoms with van der Waals surface area (Å²) in [5, 5.41) is 12.8. The molecular weight excluding hydrogens is 296 g/mol. The summed E-state index contributed by atoms with van der Waals surface area (Å²) >= 11 is 0. The number of amides is 1. The van der Waals surface area contributed by atoms with Gasteiger partial charge >= 0.3 is 43.7 Å². The first-order valence-corrected chi connectivity index (χ1v) is 6.69. The Kier molecular flexibility index (Phi) is 7.22. The van der Waals surface area contributed by atoms with Gasteiger partial charge in [-0.25, -0.2) is 4.79 Å². The predicted octanol–water partition coefficient (Wildman–Crippen LogP) is 1.16. The summed E-state index contributed by atoms with van der Waals surface area (Å²) in [6.45, 7) is 1.88. The molecule has 2 aromatic rings. The number of benzene rings is 1. The normalized spacial score (nSPS) is 11.7. The molecule has 1 amide bonds. The molecule has 0 unspecified atom stereocenters. The molecule has 1 atom stereocenters. The van der Waals surface area contributed by atoms with Crippen LogP contribution in [0.1, 0.15) is 25.3 Å². The zero-order valence-corrected chi connectivity index (χ0v) is 11.3. The van der Waals surface area contributed by atoms with Crippen LogP contribution in [0.5, 0.6) is 0 Å². The molecule has 1 heterocycles. The summed E-state index contributed by atoms with van der Waals surface area (Å²) in [6, 6.07) is 6.80. The molecule has 110 valence electrons. The Balaban J connectivity index is 0.00000220. The van der Waals surface area contributed by atoms with E-state index in [4.69, 9.17) is 0 Å². The maximum absolute atomic E-state index is 11.6. The van der Waals surface area contributed by atoms with E-state index in [0.29, 0.717) is 12.8 Å². The molecule has 0 saturated heterocycles. The van der Waals surface area contributed by atoms with Crippen LogP contribution in [0.15, 0.2) is 30.5 Å². The Hall–Kier alpha value is -1.04. The monoisotopic (exact) mass is 316 g/mol. The molecule has 0 bridgehead atoms. The van der Waals surface area contributed by atoms with Crippen LogP contribution in [-0.4, -0.2) is 65.7 Å². The molecule has 0 fully saturated rings. The minimum atomic E-state index is -1.01. The van der Waals surface area contributed by atoms with Crippen molar-refractivity contribution in [3.63, 3.8) is 0 Å². The van der Waals surface area contributed by atoms with Crippen molar-refractivity contribution in [3.8, 4) is 0 Å². The number of aliphatic carboxylic acids is 1. The number of hydrogen-bond acceptors (Lipinski definition) is 2. The van der Waals surface area contributed by atoms with E-state index < -0.39 is 12.0 Å². The van der Waals surface area contributed by atoms with Crippen LogP contribution in [-0.2, 0) is 16.0 Å². The average Bonchev–Trinajstić information content (AvgIpc) is 2.82. The first kappa shape index (κ1) is 18.0. The first-order valence-electron chi connectivity index (χ1n) is 6.69. The molecule has 0 radical (unpaired) electrons. The topological polar surface area (TPSA) is 82.2 Å². The van der Waals surface area contributed by atoms with Gasteiger partial charge in [0.25, 0.3) is 0 Å². The van der Waals surface area contributed by atoms with E-state index in [1.165, 1.54) is 0 Å². The molecule has 21 heavy (non-hydrogen) atoms. The number of carbonyl (C=O) groups is 2. The molecule has 3 N–H and O–H groups in total. The fourth-order valence-corrected chi connectivity index (χ4v) is 2.21. The Labute approximate surface area is 153 Å². The molecule has 0 aliphatic heterocycles. The second-order valence-corrected chi connectivity index (χ2v) is 4.77. The standard InChI is InChI=1S/C15H18N2O3.Ca.2H/c1-2-5-14(18)17-13(15(19)20)8-10-9-16-12-7-4-3-6-11(10)12;;;/h3-4,6-7,9,13,16H,2,5,8H2,1H3,(H,17,18)(H,19,20);;;/t13-;;;/m0.../s1. The Morgan fingerprint density at radius 2 is 2.05 bits per heavy atom. The van der Waals surface area contributed by atoms with Gasteiger partial charge in [-0.2, -0.15) is 0 Å². The number of H-pyrrole nitrogens is 1. The van der Waals surface area contributed by atoms with Crippen molar-refractivity contribution in [2.24, 2.45) is 0 Å². The number of carbonyl (C=O) groups excluding carboxylic acids is 1. The van der Waals surface area contributed by atoms with Gasteiger partial charge in [-0.1, -0.05) is 25.1 Å². The van der Waals surface area contributed by atoms with Gasteiger partial charge < -0.3 is 15.4 Å². The SMILES string of the molecule is CCCC(=O)N[C@@H](Cc1c[nH]c2ccccc12)C(=O)O.[CaH2]. The van der Waals surface area contributed by atoms with E-state index in [-0.39, 0.29) is 50.1 Å². The predicted molar refractivity (Wildman–Crippen MR) is 85.0 cm³/mol. The van der Waals surface area contributed by atoms with E-state index in [1.807, 2.05) is 31.2 Å². The number of fused-ring (bicyclic) bond motifs is 1. The van der Waals surface area contributed by atoms with Crippen molar-refractivity contribution in [3.05, 3.63) is 36.0 Å². The molecule has 1 aromatic carbocycles. The molecule has 0 spiro atoms. The third kappa shape index (κ3) is 4.73. The quantitative estimate of drug-likeness (QED) is 0.700. The van der Waals surface area contributed by atoms with Gasteiger partial charge in [-0.15, -0.1) is 0 Å². The first-order chi connectivity index (χ1) is 9.61. The van der Waals surface area contributed by atoms with Crippen LogP contribution in [0.2, 0.25) is 0 Å². The van der Waals surface area contributed by atoms with E-state index >= 15 is 0 Å². The van der Waals surface area contributed by atoms with Gasteiger partial charge in [0.15, 0.2) is 0 Å². The van der Waals surface area contributed by atoms with Gasteiger partial charge in [0.1, 0.15) is 6.04 Å². The summed E-state index contributed by atoms with van der Waals surface area (Å²) in [4.78, 5) is 25.9. The summed E-state index contributed by atoms with van der Waals surface area (Å²) in [7, 11) is 0. The minimum absolute atomic E-state index is 0. The zero-order chi connectivity index (χ0) is 14.5. The Morgan fingerprint density at radius 3 is 2.71 bits per heavy atom. The van der Waals surface area contributed by atoms with Gasteiger partial charge in [0.05, 0.1) is 0 Å². The van der Waals surface area contributed by atoms with E-state index in [1.54, 1.807) is 6.20 Å². The number of nitrogens with one attached hydrogen (secondary N) is 2. The van der Waals surface area contributed by atoms with Crippen LogP contribution in [0.25, 0.3) is 10.9 Å². The summed E-state index contributed by atoms with van der Waals surface area (Å²) < 4.78 is 0. The van der Waals surface area contributed by atoms with Crippen LogP contribution >= 0.6 is 0 Å². The van der Waals surface area contributed by atoms with E-state index in [2.05, 4.69) is 10.3 Å². The molecule has 5 nitrogen and oxygen atoms in total. The van der Waals surface area contributed by atoms with Crippen LogP contribution in [0.3, 0.4) is 0 Å². The van der Waals surface area contributed by atoms with Crippen molar-refractivity contribution in [1.82, 2.24) is 10.3 Å². The van der Waals surface area contributed by atoms with Gasteiger partial charge in [0, 0.05) is 29.9 Å². The molecular formula is C15H20CaN2O3. The number of rotatable bonds is 6. The fraction of sp³-hybridized carbons (Fsp3) is 0.333. The number of para-hydroxylation sites is 1. The van der Waals surface area contributed by atoms with Crippen LogP contribution < -0.4 is 5.32 Å². The second-order valence-electron chi connectivity index (χ2n) is 4.77. The van der Waals surface area contributed by atoms with Gasteiger partial charge in [-0.05, 0) is 18.1 Å². The summed E-state index contributed by atoms with van der Waals surface area (Å²) in [6.07, 6.45) is 3.12. The molecule has 0 aliphatic carbocycles. The zero-order valence-electron chi connectivity index (χ0n) is 11.3. The third-order valence-corrected chi connectivity index (χ3v) is 3.21. The van der Waals surface area contributed by atoms with Crippen molar-refractivity contribution < 1.29 is 14.7 Å². The number of aromatic nitrogens is 1. The fourth-order valence-electron chi connectivity index (χ4n) is 2.21. The molecule has 0 aliphatic rings. The van der Waals surface area contributed by atoms with Gasteiger partial charge in [-0.3, -0.25) is 4.79 Å². The second kappa shape index (κ2) is 8.41. The maximum atomic E-state index is 11.6. The van der Waals surface area contributed by atoms with Crippen molar-refractivity contribution in [1.29, 1.82) is 0 Å². The summed E-state index contributed by atoms with van der Waals surface area (Å²) in [5.41, 5.74) is 1.86. The van der Waals surface area contributed by atoms with Crippen LogP contribution in [0, 0.1) is 0 Å². The molecule has 1 aromatic heterocycles. The van der Waals surface area contributed by atoms with Crippen molar-refractivity contribution >= 4 is 60.5 Å². The number of aromatic amines is 1. The van der Waals surface area contributed by atoms with Gasteiger partial charge in [0.2, 0.25) is 5.91 Å². The third-order valence-electron chi connectivity index (χ3n) is 3.21. The molecule has 6 heteroatoms. The Morgan fingerprint density at radius 1 is 1.33 bits per heavy atom. The average molecular weight is 316 g/mol.